The van der Waals surface area contributed by atoms with E-state index in [1.807, 2.05) is 0 Å². The lowest BCUT2D eigenvalue weighted by molar-refractivity contribution is 0.0389. The molecule has 0 aromatic rings. The minimum absolute atomic E-state index is 0. The van der Waals surface area contributed by atoms with Gasteiger partial charge in [-0.05, 0) is 39.8 Å². The quantitative estimate of drug-likeness (QED) is 0.331. The molecule has 0 radical (unpaired) electrons. The molecule has 2 rings (SSSR count). The number of nitrogens with one attached hydrogen (secondary N) is 2. The summed E-state index contributed by atoms with van der Waals surface area (Å²) in [4.78, 5) is 9.81. The van der Waals surface area contributed by atoms with Crippen LogP contribution in [0.25, 0.3) is 0 Å². The molecule has 1 saturated heterocycles. The third-order valence-electron chi connectivity index (χ3n) is 5.72. The smallest absolute Gasteiger partial charge is 0.191 e. The molecule has 1 heterocycles. The molecule has 2 aliphatic rings. The number of nitrogens with zero attached hydrogens (tertiary/aromatic N) is 3. The van der Waals surface area contributed by atoms with E-state index in [-0.39, 0.29) is 29.5 Å². The van der Waals surface area contributed by atoms with Crippen molar-refractivity contribution in [2.24, 2.45) is 10.9 Å². The van der Waals surface area contributed by atoms with Crippen LogP contribution in [0, 0.1) is 5.92 Å². The van der Waals surface area contributed by atoms with Gasteiger partial charge in [0.05, 0.1) is 19.8 Å². The average Bonchev–Trinajstić information content (AvgIpc) is 2.60. The highest BCUT2D eigenvalue weighted by atomic mass is 127. The Morgan fingerprint density at radius 1 is 1.27 bits per heavy atom. The van der Waals surface area contributed by atoms with Crippen molar-refractivity contribution in [3.63, 3.8) is 0 Å². The molecule has 1 saturated carbocycles. The molecule has 6 nitrogen and oxygen atoms in total. The molecule has 2 N–H and O–H groups in total. The first kappa shape index (κ1) is 23.9. The van der Waals surface area contributed by atoms with Crippen molar-refractivity contribution in [2.75, 3.05) is 66.6 Å². The number of ether oxygens (including phenoxy) is 1. The molecule has 0 aromatic heterocycles. The summed E-state index contributed by atoms with van der Waals surface area (Å²) in [5.74, 6) is 1.75. The van der Waals surface area contributed by atoms with Crippen LogP contribution in [0.4, 0.5) is 0 Å². The van der Waals surface area contributed by atoms with Gasteiger partial charge in [0.2, 0.25) is 0 Å². The van der Waals surface area contributed by atoms with Gasteiger partial charge in [-0.25, -0.2) is 0 Å². The van der Waals surface area contributed by atoms with Crippen molar-refractivity contribution >= 4 is 29.9 Å². The Labute approximate surface area is 177 Å². The first-order valence-electron chi connectivity index (χ1n) is 10.1. The topological polar surface area (TPSA) is 52.1 Å². The monoisotopic (exact) mass is 481 g/mol. The second kappa shape index (κ2) is 12.4. The molecule has 0 bridgehead atoms. The molecule has 26 heavy (non-hydrogen) atoms. The van der Waals surface area contributed by atoms with Crippen molar-refractivity contribution in [1.82, 2.24) is 20.4 Å². The number of halogens is 1. The Balaban J connectivity index is 0.00000338. The first-order valence-corrected chi connectivity index (χ1v) is 10.1. The van der Waals surface area contributed by atoms with Crippen LogP contribution in [-0.2, 0) is 4.74 Å². The van der Waals surface area contributed by atoms with Gasteiger partial charge in [-0.2, -0.15) is 0 Å². The van der Waals surface area contributed by atoms with E-state index in [4.69, 9.17) is 9.73 Å². The van der Waals surface area contributed by atoms with E-state index in [2.05, 4.69) is 48.4 Å². The first-order chi connectivity index (χ1) is 12.1. The maximum Gasteiger partial charge on any atom is 0.191 e. The van der Waals surface area contributed by atoms with Gasteiger partial charge in [-0.3, -0.25) is 9.89 Å². The Hall–Kier alpha value is -0.120. The summed E-state index contributed by atoms with van der Waals surface area (Å²) in [5, 5.41) is 6.92. The van der Waals surface area contributed by atoms with Gasteiger partial charge in [0.1, 0.15) is 0 Å². The number of guanidine groups is 1. The normalized spacial score (nSPS) is 27.9. The van der Waals surface area contributed by atoms with Gasteiger partial charge in [-0.15, -0.1) is 24.0 Å². The summed E-state index contributed by atoms with van der Waals surface area (Å²) in [5.41, 5.74) is 0.213. The fourth-order valence-electron chi connectivity index (χ4n) is 4.05. The van der Waals surface area contributed by atoms with Gasteiger partial charge in [0, 0.05) is 38.3 Å². The molecule has 2 atom stereocenters. The molecule has 0 amide bonds. The van der Waals surface area contributed by atoms with Crippen LogP contribution < -0.4 is 10.6 Å². The van der Waals surface area contributed by atoms with Crippen molar-refractivity contribution in [2.45, 2.75) is 45.1 Å². The van der Waals surface area contributed by atoms with Crippen LogP contribution in [-0.4, -0.2) is 87.9 Å². The van der Waals surface area contributed by atoms with E-state index < -0.39 is 0 Å². The highest BCUT2D eigenvalue weighted by molar-refractivity contribution is 14.0. The molecule has 154 valence electrons. The lowest BCUT2D eigenvalue weighted by Crippen LogP contribution is -2.51. The van der Waals surface area contributed by atoms with Crippen LogP contribution in [0.5, 0.6) is 0 Å². The van der Waals surface area contributed by atoms with E-state index in [0.29, 0.717) is 0 Å². The van der Waals surface area contributed by atoms with Crippen LogP contribution in [0.3, 0.4) is 0 Å². The molecular formula is C19H40IN5O. The van der Waals surface area contributed by atoms with E-state index in [1.54, 1.807) is 0 Å². The lowest BCUT2D eigenvalue weighted by atomic mass is 9.75. The van der Waals surface area contributed by atoms with Gasteiger partial charge in [-0.1, -0.05) is 19.8 Å². The maximum absolute atomic E-state index is 5.41. The summed E-state index contributed by atoms with van der Waals surface area (Å²) in [6, 6.07) is 0. The maximum atomic E-state index is 5.41. The fraction of sp³-hybridized carbons (Fsp3) is 0.947. The van der Waals surface area contributed by atoms with Gasteiger partial charge in [0.15, 0.2) is 5.96 Å². The third-order valence-corrected chi connectivity index (χ3v) is 5.72. The minimum atomic E-state index is 0. The predicted octanol–water partition coefficient (Wildman–Crippen LogP) is 2.00. The highest BCUT2D eigenvalue weighted by Gasteiger charge is 2.36. The molecule has 2 unspecified atom stereocenters. The Morgan fingerprint density at radius 2 is 2.00 bits per heavy atom. The summed E-state index contributed by atoms with van der Waals surface area (Å²) in [7, 11) is 4.43. The summed E-state index contributed by atoms with van der Waals surface area (Å²) in [6.45, 7) is 12.0. The van der Waals surface area contributed by atoms with E-state index in [1.165, 1.54) is 25.7 Å². The Bertz CT molecular complexity index is 415. The van der Waals surface area contributed by atoms with Gasteiger partial charge < -0.3 is 20.3 Å². The molecule has 1 aliphatic carbocycles. The average molecular weight is 481 g/mol. The standard InChI is InChI=1S/C19H39N5O.HI/c1-5-20-18(21-9-10-24-11-13-25-14-12-24)22-16-19(23(3)4)8-6-7-17(2)15-19;/h17H,5-16H2,1-4H3,(H2,20,21,22);1H. The molecular weight excluding hydrogens is 441 g/mol. The summed E-state index contributed by atoms with van der Waals surface area (Å²) in [6.07, 6.45) is 5.17. The van der Waals surface area contributed by atoms with E-state index >= 15 is 0 Å². The zero-order chi connectivity index (χ0) is 18.1. The SMILES string of the molecule is CCNC(=NCC1(N(C)C)CCCC(C)C1)NCCN1CCOCC1.I. The molecule has 0 spiro atoms. The second-order valence-electron chi connectivity index (χ2n) is 7.90. The largest absolute Gasteiger partial charge is 0.379 e. The fourth-order valence-corrected chi connectivity index (χ4v) is 4.05. The van der Waals surface area contributed by atoms with Crippen molar-refractivity contribution < 1.29 is 4.74 Å². The number of likely N-dealkylation sites (N-methyl/N-ethyl adjacent to an activating group) is 1. The number of aliphatic imine (C=N–C) groups is 1. The minimum Gasteiger partial charge on any atom is -0.379 e. The van der Waals surface area contributed by atoms with Gasteiger partial charge >= 0.3 is 0 Å². The van der Waals surface area contributed by atoms with Crippen LogP contribution in [0.1, 0.15) is 39.5 Å². The van der Waals surface area contributed by atoms with Gasteiger partial charge in [0.25, 0.3) is 0 Å². The number of hydrogen-bond donors (Lipinski definition) is 2. The Kier molecular flexibility index (Phi) is 11.4. The van der Waals surface area contributed by atoms with E-state index in [0.717, 1.165) is 64.4 Å². The second-order valence-corrected chi connectivity index (χ2v) is 7.90. The highest BCUT2D eigenvalue weighted by Crippen LogP contribution is 2.35. The molecule has 1 aliphatic heterocycles. The van der Waals surface area contributed by atoms with Crippen LogP contribution in [0.2, 0.25) is 0 Å². The van der Waals surface area contributed by atoms with Crippen LogP contribution in [0.15, 0.2) is 4.99 Å². The molecule has 7 heteroatoms. The zero-order valence-electron chi connectivity index (χ0n) is 17.2. The number of hydrogen-bond acceptors (Lipinski definition) is 4. The van der Waals surface area contributed by atoms with Crippen molar-refractivity contribution in [1.29, 1.82) is 0 Å². The summed E-state index contributed by atoms with van der Waals surface area (Å²) < 4.78 is 5.41. The van der Waals surface area contributed by atoms with Crippen LogP contribution >= 0.6 is 24.0 Å². The van der Waals surface area contributed by atoms with Crippen molar-refractivity contribution in [3.8, 4) is 0 Å². The molecule has 0 aromatic carbocycles. The zero-order valence-corrected chi connectivity index (χ0v) is 19.6. The molecule has 2 fully saturated rings. The lowest BCUT2D eigenvalue weighted by Gasteiger charge is -2.44. The summed E-state index contributed by atoms with van der Waals surface area (Å²) >= 11 is 0. The van der Waals surface area contributed by atoms with E-state index in [9.17, 15) is 0 Å². The predicted molar refractivity (Wildman–Crippen MR) is 121 cm³/mol. The third kappa shape index (κ3) is 7.48. The number of rotatable bonds is 7. The van der Waals surface area contributed by atoms with Crippen molar-refractivity contribution in [3.05, 3.63) is 0 Å². The number of morpholine rings is 1. The Morgan fingerprint density at radius 3 is 2.62 bits per heavy atom.